The van der Waals surface area contributed by atoms with Gasteiger partial charge in [0.05, 0.1) is 18.0 Å². The number of aryl methyl sites for hydroxylation is 1. The van der Waals surface area contributed by atoms with Crippen LogP contribution in [0.2, 0.25) is 0 Å². The summed E-state index contributed by atoms with van der Waals surface area (Å²) in [5, 5.41) is 4.58. The van der Waals surface area contributed by atoms with E-state index in [9.17, 15) is 9.59 Å². The van der Waals surface area contributed by atoms with Gasteiger partial charge in [-0.25, -0.2) is 0 Å². The van der Waals surface area contributed by atoms with Crippen LogP contribution in [0.3, 0.4) is 0 Å². The molecule has 3 aliphatic rings. The van der Waals surface area contributed by atoms with Crippen LogP contribution in [0.1, 0.15) is 65.3 Å². The molecule has 0 saturated carbocycles. The quantitative estimate of drug-likeness (QED) is 0.633. The Morgan fingerprint density at radius 1 is 1.12 bits per heavy atom. The van der Waals surface area contributed by atoms with Crippen molar-refractivity contribution in [2.24, 2.45) is 0 Å². The molecule has 170 valence electrons. The summed E-state index contributed by atoms with van der Waals surface area (Å²) in [4.78, 5) is 32.2. The molecular formula is C27H29N3O3. The number of nitrogens with zero attached hydrogens (tertiary/aromatic N) is 1. The first-order valence-electron chi connectivity index (χ1n) is 12.0. The van der Waals surface area contributed by atoms with Gasteiger partial charge in [0.1, 0.15) is 0 Å². The molecule has 33 heavy (non-hydrogen) atoms. The summed E-state index contributed by atoms with van der Waals surface area (Å²) in [5.41, 5.74) is 4.90. The van der Waals surface area contributed by atoms with E-state index in [0.29, 0.717) is 39.0 Å². The zero-order chi connectivity index (χ0) is 22.4. The van der Waals surface area contributed by atoms with Crippen LogP contribution in [0, 0.1) is 0 Å². The third kappa shape index (κ3) is 3.44. The lowest BCUT2D eigenvalue weighted by atomic mass is 9.83. The fourth-order valence-corrected chi connectivity index (χ4v) is 6.03. The number of rotatable bonds is 4. The number of nitrogens with one attached hydrogen (secondary N) is 2. The predicted octanol–water partition coefficient (Wildman–Crippen LogP) is 4.26. The smallest absolute Gasteiger partial charge is 0.254 e. The van der Waals surface area contributed by atoms with Crippen LogP contribution in [-0.4, -0.2) is 40.5 Å². The van der Waals surface area contributed by atoms with E-state index in [4.69, 9.17) is 4.74 Å². The normalized spacial score (nSPS) is 21.6. The highest BCUT2D eigenvalue weighted by Gasteiger charge is 2.46. The average molecular weight is 444 g/mol. The number of aromatic amines is 1. The molecule has 0 radical (unpaired) electrons. The SMILES string of the molecule is O=C(CC1(N2Cc3ccccc3C2=O)CCOCC1)NC1CCCc2c1[nH]c1ccccc21. The van der Waals surface area contributed by atoms with Crippen molar-refractivity contribution < 1.29 is 14.3 Å². The number of para-hydroxylation sites is 1. The van der Waals surface area contributed by atoms with Gasteiger partial charge in [0.15, 0.2) is 0 Å². The topological polar surface area (TPSA) is 74.4 Å². The number of aromatic nitrogens is 1. The maximum absolute atomic E-state index is 13.4. The standard InChI is InChI=1S/C27H29N3O3/c31-24(28-23-11-5-9-21-20-8-3-4-10-22(20)29-25(21)23)16-27(12-14-33-15-13-27)30-17-18-6-1-2-7-19(18)26(30)32/h1-4,6-8,10,23,29H,5,9,11-17H2,(H,28,31). The minimum absolute atomic E-state index is 0.0113. The molecule has 3 aromatic rings. The van der Waals surface area contributed by atoms with Crippen molar-refractivity contribution in [3.05, 3.63) is 70.9 Å². The van der Waals surface area contributed by atoms with Crippen molar-refractivity contribution >= 4 is 22.7 Å². The zero-order valence-corrected chi connectivity index (χ0v) is 18.7. The molecule has 3 heterocycles. The van der Waals surface area contributed by atoms with E-state index in [1.165, 1.54) is 10.9 Å². The van der Waals surface area contributed by atoms with Crippen LogP contribution in [-0.2, 0) is 22.5 Å². The summed E-state index contributed by atoms with van der Waals surface area (Å²) in [6, 6.07) is 16.1. The molecule has 2 aromatic carbocycles. The van der Waals surface area contributed by atoms with Gasteiger partial charge in [-0.1, -0.05) is 36.4 Å². The molecule has 6 rings (SSSR count). The highest BCUT2D eigenvalue weighted by molar-refractivity contribution is 5.99. The lowest BCUT2D eigenvalue weighted by molar-refractivity contribution is -0.126. The average Bonchev–Trinajstić information content (AvgIpc) is 3.39. The van der Waals surface area contributed by atoms with Gasteiger partial charge in [0, 0.05) is 41.9 Å². The van der Waals surface area contributed by atoms with Crippen LogP contribution >= 0.6 is 0 Å². The van der Waals surface area contributed by atoms with E-state index in [-0.39, 0.29) is 17.9 Å². The Hall–Kier alpha value is -3.12. The van der Waals surface area contributed by atoms with E-state index in [1.54, 1.807) is 0 Å². The second-order valence-corrected chi connectivity index (χ2v) is 9.64. The minimum Gasteiger partial charge on any atom is -0.381 e. The molecule has 1 unspecified atom stereocenters. The Kier molecular flexibility index (Phi) is 4.98. The predicted molar refractivity (Wildman–Crippen MR) is 126 cm³/mol. The number of carbonyl (C=O) groups is 2. The lowest BCUT2D eigenvalue weighted by Gasteiger charge is -2.44. The number of H-pyrrole nitrogens is 1. The molecule has 1 aromatic heterocycles. The van der Waals surface area contributed by atoms with Gasteiger partial charge in [0.2, 0.25) is 5.91 Å². The summed E-state index contributed by atoms with van der Waals surface area (Å²) < 4.78 is 5.63. The summed E-state index contributed by atoms with van der Waals surface area (Å²) in [6.45, 7) is 1.71. The maximum atomic E-state index is 13.4. The van der Waals surface area contributed by atoms with E-state index >= 15 is 0 Å². The first-order valence-corrected chi connectivity index (χ1v) is 12.0. The van der Waals surface area contributed by atoms with Gasteiger partial charge in [-0.15, -0.1) is 0 Å². The van der Waals surface area contributed by atoms with Crippen molar-refractivity contribution in [1.29, 1.82) is 0 Å². The minimum atomic E-state index is -0.504. The molecule has 1 saturated heterocycles. The Morgan fingerprint density at radius 2 is 1.91 bits per heavy atom. The van der Waals surface area contributed by atoms with Crippen LogP contribution in [0.5, 0.6) is 0 Å². The van der Waals surface area contributed by atoms with Crippen LogP contribution in [0.15, 0.2) is 48.5 Å². The highest BCUT2D eigenvalue weighted by Crippen LogP contribution is 2.39. The highest BCUT2D eigenvalue weighted by atomic mass is 16.5. The molecule has 2 amide bonds. The van der Waals surface area contributed by atoms with Crippen molar-refractivity contribution in [3.8, 4) is 0 Å². The summed E-state index contributed by atoms with van der Waals surface area (Å²) in [7, 11) is 0. The van der Waals surface area contributed by atoms with Gasteiger partial charge < -0.3 is 19.9 Å². The number of ether oxygens (including phenoxy) is 1. The van der Waals surface area contributed by atoms with Crippen molar-refractivity contribution in [3.63, 3.8) is 0 Å². The zero-order valence-electron chi connectivity index (χ0n) is 18.7. The Morgan fingerprint density at radius 3 is 2.76 bits per heavy atom. The third-order valence-corrected chi connectivity index (χ3v) is 7.76. The number of carbonyl (C=O) groups excluding carboxylic acids is 2. The molecule has 0 bridgehead atoms. The van der Waals surface area contributed by atoms with Gasteiger partial charge >= 0.3 is 0 Å². The fraction of sp³-hybridized carbons (Fsp3) is 0.407. The van der Waals surface area contributed by atoms with Crippen molar-refractivity contribution in [1.82, 2.24) is 15.2 Å². The number of benzene rings is 2. The van der Waals surface area contributed by atoms with Crippen LogP contribution < -0.4 is 5.32 Å². The first kappa shape index (κ1) is 20.5. The summed E-state index contributed by atoms with van der Waals surface area (Å²) in [6.07, 6.45) is 4.69. The molecule has 2 N–H and O–H groups in total. The summed E-state index contributed by atoms with van der Waals surface area (Å²) >= 11 is 0. The summed E-state index contributed by atoms with van der Waals surface area (Å²) in [5.74, 6) is 0.0491. The van der Waals surface area contributed by atoms with E-state index < -0.39 is 5.54 Å². The second kappa shape index (κ2) is 8.03. The number of hydrogen-bond acceptors (Lipinski definition) is 3. The van der Waals surface area contributed by atoms with Crippen molar-refractivity contribution in [2.75, 3.05) is 13.2 Å². The van der Waals surface area contributed by atoms with E-state index in [0.717, 1.165) is 41.6 Å². The van der Waals surface area contributed by atoms with Crippen LogP contribution in [0.25, 0.3) is 10.9 Å². The largest absolute Gasteiger partial charge is 0.381 e. The van der Waals surface area contributed by atoms with E-state index in [2.05, 4.69) is 28.5 Å². The molecular weight excluding hydrogens is 414 g/mol. The molecule has 6 nitrogen and oxygen atoms in total. The van der Waals surface area contributed by atoms with Gasteiger partial charge in [-0.05, 0) is 55.4 Å². The first-order chi connectivity index (χ1) is 16.1. The monoisotopic (exact) mass is 443 g/mol. The van der Waals surface area contributed by atoms with Crippen molar-refractivity contribution in [2.45, 2.75) is 56.7 Å². The number of fused-ring (bicyclic) bond motifs is 4. The van der Waals surface area contributed by atoms with E-state index in [1.807, 2.05) is 35.2 Å². The molecule has 1 aliphatic carbocycles. The van der Waals surface area contributed by atoms with Gasteiger partial charge in [0.25, 0.3) is 5.91 Å². The Bertz CT molecular complexity index is 1220. The molecule has 1 fully saturated rings. The third-order valence-electron chi connectivity index (χ3n) is 7.76. The van der Waals surface area contributed by atoms with Gasteiger partial charge in [-0.2, -0.15) is 0 Å². The number of amides is 2. The second-order valence-electron chi connectivity index (χ2n) is 9.64. The maximum Gasteiger partial charge on any atom is 0.254 e. The Balaban J connectivity index is 1.25. The fourth-order valence-electron chi connectivity index (χ4n) is 6.03. The number of hydrogen-bond donors (Lipinski definition) is 2. The lowest BCUT2D eigenvalue weighted by Crippen LogP contribution is -2.54. The Labute approximate surface area is 193 Å². The molecule has 6 heteroatoms. The molecule has 0 spiro atoms. The van der Waals surface area contributed by atoms with Crippen LogP contribution in [0.4, 0.5) is 0 Å². The molecule has 1 atom stereocenters. The van der Waals surface area contributed by atoms with Gasteiger partial charge in [-0.3, -0.25) is 9.59 Å². The molecule has 2 aliphatic heterocycles.